The van der Waals surface area contributed by atoms with E-state index in [1.807, 2.05) is 6.92 Å². The predicted molar refractivity (Wildman–Crippen MR) is 75.2 cm³/mol. The topological polar surface area (TPSA) is 44.3 Å². The number of nitrogens with one attached hydrogen (secondary N) is 1. The molecule has 0 radical (unpaired) electrons. The third-order valence-electron chi connectivity index (χ3n) is 3.46. The van der Waals surface area contributed by atoms with E-state index in [0.717, 1.165) is 43.6 Å². The molecule has 0 saturated carbocycles. The normalized spacial score (nSPS) is 21.1. The molecule has 5 heteroatoms. The number of hydrogen-bond donors (Lipinski definition) is 1. The van der Waals surface area contributed by atoms with Gasteiger partial charge in [-0.1, -0.05) is 0 Å². The summed E-state index contributed by atoms with van der Waals surface area (Å²) in [5, 5.41) is 3.19. The molecule has 1 aromatic heterocycles. The Morgan fingerprint density at radius 3 is 2.83 bits per heavy atom. The van der Waals surface area contributed by atoms with Crippen LogP contribution in [-0.2, 0) is 0 Å². The van der Waals surface area contributed by atoms with Crippen LogP contribution in [0.1, 0.15) is 19.5 Å². The van der Waals surface area contributed by atoms with Crippen LogP contribution in [0.5, 0.6) is 0 Å². The fourth-order valence-corrected chi connectivity index (χ4v) is 2.21. The van der Waals surface area contributed by atoms with Crippen molar-refractivity contribution in [2.24, 2.45) is 0 Å². The molecule has 2 rings (SSSR count). The lowest BCUT2D eigenvalue weighted by Gasteiger charge is -2.38. The van der Waals surface area contributed by atoms with Crippen LogP contribution in [0, 0.1) is 6.92 Å². The van der Waals surface area contributed by atoms with Crippen LogP contribution >= 0.6 is 0 Å². The average Bonchev–Trinajstić information content (AvgIpc) is 2.32. The van der Waals surface area contributed by atoms with Gasteiger partial charge in [0.15, 0.2) is 0 Å². The van der Waals surface area contributed by atoms with Crippen LogP contribution in [0.25, 0.3) is 0 Å². The van der Waals surface area contributed by atoms with Crippen LogP contribution in [0.3, 0.4) is 0 Å². The molecule has 0 aliphatic carbocycles. The molecule has 0 aromatic carbocycles. The first kappa shape index (κ1) is 13.1. The smallest absolute Gasteiger partial charge is 0.224 e. The van der Waals surface area contributed by atoms with Crippen LogP contribution in [0.15, 0.2) is 6.07 Å². The number of piperazine rings is 1. The summed E-state index contributed by atoms with van der Waals surface area (Å²) in [4.78, 5) is 13.7. The summed E-state index contributed by atoms with van der Waals surface area (Å²) in [7, 11) is 2.18. The first-order chi connectivity index (χ1) is 8.60. The van der Waals surface area contributed by atoms with Gasteiger partial charge in [-0.2, -0.15) is 4.98 Å². The fourth-order valence-electron chi connectivity index (χ4n) is 2.21. The van der Waals surface area contributed by atoms with Crippen LogP contribution < -0.4 is 10.2 Å². The molecular formula is C13H23N5. The third-order valence-corrected chi connectivity index (χ3v) is 3.46. The van der Waals surface area contributed by atoms with Crippen molar-refractivity contribution in [3.63, 3.8) is 0 Å². The Balaban J connectivity index is 2.17. The van der Waals surface area contributed by atoms with Gasteiger partial charge < -0.3 is 15.1 Å². The molecule has 1 aliphatic rings. The van der Waals surface area contributed by atoms with Crippen molar-refractivity contribution < 1.29 is 0 Å². The molecule has 5 nitrogen and oxygen atoms in total. The van der Waals surface area contributed by atoms with Crippen molar-refractivity contribution in [1.29, 1.82) is 0 Å². The van der Waals surface area contributed by atoms with Gasteiger partial charge in [0.1, 0.15) is 5.82 Å². The summed E-state index contributed by atoms with van der Waals surface area (Å²) in [6.45, 7) is 10.3. The minimum absolute atomic E-state index is 0.566. The Morgan fingerprint density at radius 1 is 1.39 bits per heavy atom. The van der Waals surface area contributed by atoms with Crippen molar-refractivity contribution in [1.82, 2.24) is 14.9 Å². The highest BCUT2D eigenvalue weighted by Gasteiger charge is 2.22. The highest BCUT2D eigenvalue weighted by Crippen LogP contribution is 2.18. The molecule has 1 aliphatic heterocycles. The van der Waals surface area contributed by atoms with Gasteiger partial charge >= 0.3 is 0 Å². The number of hydrogen-bond acceptors (Lipinski definition) is 5. The molecule has 1 atom stereocenters. The van der Waals surface area contributed by atoms with Crippen LogP contribution in [0.2, 0.25) is 0 Å². The van der Waals surface area contributed by atoms with E-state index in [-0.39, 0.29) is 0 Å². The number of anilines is 2. The Morgan fingerprint density at radius 2 is 2.17 bits per heavy atom. The third kappa shape index (κ3) is 2.90. The van der Waals surface area contributed by atoms with Gasteiger partial charge in [-0.05, 0) is 27.8 Å². The number of aryl methyl sites for hydroxylation is 1. The lowest BCUT2D eigenvalue weighted by molar-refractivity contribution is 0.233. The van der Waals surface area contributed by atoms with E-state index in [1.165, 1.54) is 0 Å². The number of rotatable bonds is 3. The molecule has 1 unspecified atom stereocenters. The molecule has 0 bridgehead atoms. The van der Waals surface area contributed by atoms with Gasteiger partial charge in [-0.3, -0.25) is 0 Å². The van der Waals surface area contributed by atoms with Crippen LogP contribution in [0.4, 0.5) is 11.8 Å². The molecule has 0 amide bonds. The summed E-state index contributed by atoms with van der Waals surface area (Å²) in [5.74, 6) is 1.78. The maximum atomic E-state index is 4.59. The van der Waals surface area contributed by atoms with Gasteiger partial charge in [0.25, 0.3) is 0 Å². The SMILES string of the molecule is CCNc1nc(C)cc(N2CCN(C)C(C)C2)n1. The second-order valence-electron chi connectivity index (χ2n) is 5.00. The highest BCUT2D eigenvalue weighted by molar-refractivity contribution is 5.45. The lowest BCUT2D eigenvalue weighted by Crippen LogP contribution is -2.50. The van der Waals surface area contributed by atoms with E-state index >= 15 is 0 Å². The van der Waals surface area contributed by atoms with E-state index < -0.39 is 0 Å². The summed E-state index contributed by atoms with van der Waals surface area (Å²) >= 11 is 0. The van der Waals surface area contributed by atoms with Crippen LogP contribution in [-0.4, -0.2) is 54.1 Å². The fraction of sp³-hybridized carbons (Fsp3) is 0.692. The molecule has 2 heterocycles. The maximum Gasteiger partial charge on any atom is 0.224 e. The van der Waals surface area contributed by atoms with Crippen molar-refractivity contribution in [3.8, 4) is 0 Å². The first-order valence-corrected chi connectivity index (χ1v) is 6.65. The molecule has 100 valence electrons. The zero-order valence-electron chi connectivity index (χ0n) is 11.8. The quantitative estimate of drug-likeness (QED) is 0.876. The Labute approximate surface area is 109 Å². The molecule has 0 spiro atoms. The molecule has 18 heavy (non-hydrogen) atoms. The second kappa shape index (κ2) is 5.52. The zero-order chi connectivity index (χ0) is 13.1. The largest absolute Gasteiger partial charge is 0.354 e. The number of likely N-dealkylation sites (N-methyl/N-ethyl adjacent to an activating group) is 1. The van der Waals surface area contributed by atoms with E-state index in [2.05, 4.69) is 52.0 Å². The van der Waals surface area contributed by atoms with Gasteiger partial charge in [0.2, 0.25) is 5.95 Å². The average molecular weight is 249 g/mol. The standard InChI is InChI=1S/C13H23N5/c1-5-14-13-15-10(2)8-12(16-13)18-7-6-17(4)11(3)9-18/h8,11H,5-7,9H2,1-4H3,(H,14,15,16). The van der Waals surface area contributed by atoms with Crippen molar-refractivity contribution in [2.75, 3.05) is 43.4 Å². The zero-order valence-corrected chi connectivity index (χ0v) is 11.8. The monoisotopic (exact) mass is 249 g/mol. The Kier molecular flexibility index (Phi) is 4.01. The van der Waals surface area contributed by atoms with Gasteiger partial charge in [0.05, 0.1) is 0 Å². The van der Waals surface area contributed by atoms with E-state index in [4.69, 9.17) is 0 Å². The minimum Gasteiger partial charge on any atom is -0.354 e. The molecule has 1 fully saturated rings. The summed E-state index contributed by atoms with van der Waals surface area (Å²) < 4.78 is 0. The molecule has 1 aromatic rings. The number of nitrogens with zero attached hydrogens (tertiary/aromatic N) is 4. The predicted octanol–water partition coefficient (Wildman–Crippen LogP) is 1.36. The van der Waals surface area contributed by atoms with E-state index in [1.54, 1.807) is 0 Å². The van der Waals surface area contributed by atoms with Gasteiger partial charge in [-0.15, -0.1) is 0 Å². The lowest BCUT2D eigenvalue weighted by atomic mass is 10.2. The minimum atomic E-state index is 0.566. The highest BCUT2D eigenvalue weighted by atomic mass is 15.3. The molecular weight excluding hydrogens is 226 g/mol. The van der Waals surface area contributed by atoms with Gasteiger partial charge in [0, 0.05) is 44.0 Å². The van der Waals surface area contributed by atoms with Crippen molar-refractivity contribution >= 4 is 11.8 Å². The molecule has 1 N–H and O–H groups in total. The van der Waals surface area contributed by atoms with E-state index in [0.29, 0.717) is 6.04 Å². The van der Waals surface area contributed by atoms with Gasteiger partial charge in [-0.25, -0.2) is 4.98 Å². The summed E-state index contributed by atoms with van der Waals surface area (Å²) in [5.41, 5.74) is 1.02. The maximum absolute atomic E-state index is 4.59. The van der Waals surface area contributed by atoms with Crippen molar-refractivity contribution in [2.45, 2.75) is 26.8 Å². The molecule has 1 saturated heterocycles. The second-order valence-corrected chi connectivity index (χ2v) is 5.00. The summed E-state index contributed by atoms with van der Waals surface area (Å²) in [6.07, 6.45) is 0. The first-order valence-electron chi connectivity index (χ1n) is 6.65. The van der Waals surface area contributed by atoms with E-state index in [9.17, 15) is 0 Å². The number of aromatic nitrogens is 2. The van der Waals surface area contributed by atoms with Crippen molar-refractivity contribution in [3.05, 3.63) is 11.8 Å². The Bertz CT molecular complexity index is 406. The Hall–Kier alpha value is -1.36. The summed E-state index contributed by atoms with van der Waals surface area (Å²) in [6, 6.07) is 2.63.